The Balaban J connectivity index is 2.45. The molecule has 0 aliphatic heterocycles. The topological polar surface area (TPSA) is 43.8 Å². The number of aryl methyl sites for hydroxylation is 2. The van der Waals surface area contributed by atoms with Crippen LogP contribution in [0.5, 0.6) is 0 Å². The third-order valence-electron chi connectivity index (χ3n) is 2.98. The molecule has 0 bridgehead atoms. The van der Waals surface area contributed by atoms with Crippen LogP contribution in [0, 0.1) is 6.92 Å². The molecule has 2 rings (SSSR count). The van der Waals surface area contributed by atoms with Gasteiger partial charge < -0.3 is 5.73 Å². The molecule has 1 aliphatic rings. The van der Waals surface area contributed by atoms with Crippen molar-refractivity contribution in [3.05, 3.63) is 17.5 Å². The van der Waals surface area contributed by atoms with Crippen molar-refractivity contribution < 1.29 is 8.78 Å². The first kappa shape index (κ1) is 9.58. The van der Waals surface area contributed by atoms with Gasteiger partial charge >= 0.3 is 0 Å². The molecule has 0 radical (unpaired) electrons. The van der Waals surface area contributed by atoms with Gasteiger partial charge in [0.2, 0.25) is 0 Å². The Kier molecular flexibility index (Phi) is 1.73. The number of rotatable bonds is 2. The highest BCUT2D eigenvalue weighted by Gasteiger charge is 2.71. The molecule has 1 aliphatic carbocycles. The van der Waals surface area contributed by atoms with E-state index >= 15 is 0 Å². The molecule has 2 N–H and O–H groups in total. The van der Waals surface area contributed by atoms with Gasteiger partial charge in [0, 0.05) is 31.8 Å². The van der Waals surface area contributed by atoms with Crippen molar-refractivity contribution in [1.29, 1.82) is 0 Å². The summed E-state index contributed by atoms with van der Waals surface area (Å²) in [7, 11) is 1.72. The molecule has 0 saturated heterocycles. The summed E-state index contributed by atoms with van der Waals surface area (Å²) >= 11 is 0. The van der Waals surface area contributed by atoms with Gasteiger partial charge in [0.15, 0.2) is 0 Å². The van der Waals surface area contributed by atoms with Crippen molar-refractivity contribution in [3.63, 3.8) is 0 Å². The van der Waals surface area contributed by atoms with Crippen molar-refractivity contribution in [2.24, 2.45) is 12.8 Å². The number of hydrogen-bond donors (Lipinski definition) is 1. The fourth-order valence-corrected chi connectivity index (χ4v) is 2.03. The molecule has 1 saturated carbocycles. The Labute approximate surface area is 80.9 Å². The number of halogens is 2. The lowest BCUT2D eigenvalue weighted by molar-refractivity contribution is 0.0894. The first-order chi connectivity index (χ1) is 6.43. The Morgan fingerprint density at radius 1 is 1.64 bits per heavy atom. The highest BCUT2D eigenvalue weighted by atomic mass is 19.3. The van der Waals surface area contributed by atoms with E-state index in [0.29, 0.717) is 11.3 Å². The predicted octanol–water partition coefficient (Wildman–Crippen LogP) is 0.964. The Bertz CT molecular complexity index is 372. The molecule has 0 amide bonds. The molecule has 1 unspecified atom stereocenters. The van der Waals surface area contributed by atoms with E-state index in [1.807, 2.05) is 0 Å². The molecule has 1 fully saturated rings. The summed E-state index contributed by atoms with van der Waals surface area (Å²) in [6, 6.07) is 0. The van der Waals surface area contributed by atoms with Crippen molar-refractivity contribution in [3.8, 4) is 0 Å². The van der Waals surface area contributed by atoms with Crippen molar-refractivity contribution in [2.45, 2.75) is 24.7 Å². The van der Waals surface area contributed by atoms with Gasteiger partial charge in [0.05, 0.1) is 11.1 Å². The highest BCUT2D eigenvalue weighted by molar-refractivity contribution is 5.39. The molecule has 1 heterocycles. The third kappa shape index (κ3) is 1.02. The van der Waals surface area contributed by atoms with Crippen LogP contribution in [0.2, 0.25) is 0 Å². The van der Waals surface area contributed by atoms with Crippen LogP contribution in [0.3, 0.4) is 0 Å². The van der Waals surface area contributed by atoms with E-state index in [1.54, 1.807) is 24.9 Å². The average molecular weight is 201 g/mol. The van der Waals surface area contributed by atoms with Gasteiger partial charge in [-0.25, -0.2) is 8.78 Å². The molecule has 0 aromatic carbocycles. The SMILES string of the molecule is Cc1nn(C)cc1C1(CN)CC1(F)F. The molecular weight excluding hydrogens is 188 g/mol. The predicted molar refractivity (Wildman–Crippen MR) is 48.2 cm³/mol. The third-order valence-corrected chi connectivity index (χ3v) is 2.98. The minimum Gasteiger partial charge on any atom is -0.329 e. The van der Waals surface area contributed by atoms with Crippen LogP contribution < -0.4 is 5.73 Å². The highest BCUT2D eigenvalue weighted by Crippen LogP contribution is 2.61. The van der Waals surface area contributed by atoms with E-state index in [1.165, 1.54) is 0 Å². The molecular formula is C9H13F2N3. The number of alkyl halides is 2. The second-order valence-electron chi connectivity index (χ2n) is 3.97. The molecule has 14 heavy (non-hydrogen) atoms. The summed E-state index contributed by atoms with van der Waals surface area (Å²) in [4.78, 5) is 0. The molecule has 1 aromatic rings. The number of hydrogen-bond acceptors (Lipinski definition) is 2. The number of nitrogens with two attached hydrogens (primary N) is 1. The van der Waals surface area contributed by atoms with E-state index < -0.39 is 11.3 Å². The summed E-state index contributed by atoms with van der Waals surface area (Å²) < 4.78 is 28.0. The van der Waals surface area contributed by atoms with Gasteiger partial charge in [-0.05, 0) is 6.92 Å². The van der Waals surface area contributed by atoms with Crippen molar-refractivity contribution in [1.82, 2.24) is 9.78 Å². The average Bonchev–Trinajstić information content (AvgIpc) is 2.48. The first-order valence-corrected chi connectivity index (χ1v) is 4.51. The monoisotopic (exact) mass is 201 g/mol. The lowest BCUT2D eigenvalue weighted by Crippen LogP contribution is -2.27. The van der Waals surface area contributed by atoms with Crippen LogP contribution in [0.4, 0.5) is 8.78 Å². The summed E-state index contributed by atoms with van der Waals surface area (Å²) in [6.45, 7) is 1.72. The van der Waals surface area contributed by atoms with Gasteiger partial charge in [-0.15, -0.1) is 0 Å². The molecule has 5 heteroatoms. The first-order valence-electron chi connectivity index (χ1n) is 4.51. The molecule has 1 aromatic heterocycles. The number of aromatic nitrogens is 2. The zero-order chi connectivity index (χ0) is 10.6. The maximum atomic E-state index is 13.2. The van der Waals surface area contributed by atoms with E-state index in [4.69, 9.17) is 5.73 Å². The standard InChI is InChI=1S/C9H13F2N3/c1-6-7(3-14(2)13-6)8(5-12)4-9(8,10)11/h3H,4-5,12H2,1-2H3. The molecule has 0 spiro atoms. The Morgan fingerprint density at radius 2 is 2.21 bits per heavy atom. The van der Waals surface area contributed by atoms with Gasteiger partial charge in [0.25, 0.3) is 5.92 Å². The minimum absolute atomic E-state index is 0.0213. The maximum Gasteiger partial charge on any atom is 0.260 e. The van der Waals surface area contributed by atoms with E-state index in [0.717, 1.165) is 0 Å². The van der Waals surface area contributed by atoms with E-state index in [9.17, 15) is 8.78 Å². The summed E-state index contributed by atoms with van der Waals surface area (Å²) in [5, 5.41) is 4.06. The lowest BCUT2D eigenvalue weighted by atomic mass is 9.96. The minimum atomic E-state index is -2.66. The normalized spacial score (nSPS) is 29.2. The number of nitrogens with zero attached hydrogens (tertiary/aromatic N) is 2. The second kappa shape index (κ2) is 2.53. The van der Waals surface area contributed by atoms with Crippen LogP contribution >= 0.6 is 0 Å². The molecule has 3 nitrogen and oxygen atoms in total. The summed E-state index contributed by atoms with van der Waals surface area (Å²) in [5.74, 6) is -2.66. The molecule has 78 valence electrons. The van der Waals surface area contributed by atoms with Gasteiger partial charge in [-0.3, -0.25) is 4.68 Å². The zero-order valence-electron chi connectivity index (χ0n) is 8.22. The summed E-state index contributed by atoms with van der Waals surface area (Å²) in [6.07, 6.45) is 1.49. The largest absolute Gasteiger partial charge is 0.329 e. The van der Waals surface area contributed by atoms with E-state index in [2.05, 4.69) is 5.10 Å². The van der Waals surface area contributed by atoms with Gasteiger partial charge in [-0.1, -0.05) is 0 Å². The Morgan fingerprint density at radius 3 is 2.50 bits per heavy atom. The van der Waals surface area contributed by atoms with Crippen LogP contribution in [0.15, 0.2) is 6.20 Å². The van der Waals surface area contributed by atoms with Gasteiger partial charge in [-0.2, -0.15) is 5.10 Å². The second-order valence-corrected chi connectivity index (χ2v) is 3.97. The van der Waals surface area contributed by atoms with Crippen molar-refractivity contribution in [2.75, 3.05) is 6.54 Å². The van der Waals surface area contributed by atoms with E-state index in [-0.39, 0.29) is 13.0 Å². The van der Waals surface area contributed by atoms with Crippen LogP contribution in [-0.2, 0) is 12.5 Å². The summed E-state index contributed by atoms with van der Waals surface area (Å²) in [5.41, 5.74) is 5.53. The Hall–Kier alpha value is -0.970. The quantitative estimate of drug-likeness (QED) is 0.774. The maximum absolute atomic E-state index is 13.2. The zero-order valence-corrected chi connectivity index (χ0v) is 8.22. The van der Waals surface area contributed by atoms with Gasteiger partial charge in [0.1, 0.15) is 0 Å². The smallest absolute Gasteiger partial charge is 0.260 e. The fourth-order valence-electron chi connectivity index (χ4n) is 2.03. The van der Waals surface area contributed by atoms with Crippen LogP contribution in [0.25, 0.3) is 0 Å². The van der Waals surface area contributed by atoms with Crippen molar-refractivity contribution >= 4 is 0 Å². The lowest BCUT2D eigenvalue weighted by Gasteiger charge is -2.12. The fraction of sp³-hybridized carbons (Fsp3) is 0.667. The molecule has 1 atom stereocenters. The van der Waals surface area contributed by atoms with Crippen LogP contribution in [-0.4, -0.2) is 22.2 Å². The van der Waals surface area contributed by atoms with Crippen LogP contribution in [0.1, 0.15) is 17.7 Å².